The van der Waals surface area contributed by atoms with Crippen LogP contribution in [0.1, 0.15) is 45.7 Å². The maximum Gasteiger partial charge on any atom is 0.0510 e. The predicted octanol–water partition coefficient (Wildman–Crippen LogP) is 4.34. The molecule has 0 spiro atoms. The van der Waals surface area contributed by atoms with Crippen LogP contribution >= 0.6 is 15.9 Å². The first-order valence-corrected chi connectivity index (χ1v) is 7.58. The normalized spacial score (nSPS) is 14.3. The van der Waals surface area contributed by atoms with Crippen molar-refractivity contribution in [3.05, 3.63) is 28.2 Å². The summed E-state index contributed by atoms with van der Waals surface area (Å²) in [7, 11) is 0. The first-order valence-electron chi connectivity index (χ1n) is 6.79. The van der Waals surface area contributed by atoms with E-state index < -0.39 is 0 Å². The molecule has 0 saturated heterocycles. The number of hydrogen-bond acceptors (Lipinski definition) is 2. The van der Waals surface area contributed by atoms with E-state index in [9.17, 15) is 0 Å². The zero-order valence-electron chi connectivity index (χ0n) is 11.9. The SMILES string of the molecule is CCC(C)CN(CC)c1ccc([C@H](C)N)cc1Br. The fraction of sp³-hybridized carbons (Fsp3) is 0.600. The standard InChI is InChI=1S/C15H25BrN2/c1-5-11(3)10-18(6-2)15-8-7-13(12(4)17)9-14(15)16/h7-9,11-12H,5-6,10,17H2,1-4H3/t11?,12-/m0/s1. The highest BCUT2D eigenvalue weighted by Gasteiger charge is 2.12. The van der Waals surface area contributed by atoms with Crippen molar-refractivity contribution in [2.45, 2.75) is 40.2 Å². The molecule has 2 nitrogen and oxygen atoms in total. The third-order valence-corrected chi connectivity index (χ3v) is 4.08. The van der Waals surface area contributed by atoms with E-state index in [0.29, 0.717) is 5.92 Å². The summed E-state index contributed by atoms with van der Waals surface area (Å²) in [4.78, 5) is 2.42. The van der Waals surface area contributed by atoms with Gasteiger partial charge in [-0.3, -0.25) is 0 Å². The van der Waals surface area contributed by atoms with Crippen molar-refractivity contribution in [3.8, 4) is 0 Å². The predicted molar refractivity (Wildman–Crippen MR) is 84.1 cm³/mol. The minimum Gasteiger partial charge on any atom is -0.371 e. The van der Waals surface area contributed by atoms with Gasteiger partial charge in [0.2, 0.25) is 0 Å². The molecule has 2 atom stereocenters. The largest absolute Gasteiger partial charge is 0.371 e. The van der Waals surface area contributed by atoms with Crippen LogP contribution in [0.2, 0.25) is 0 Å². The van der Waals surface area contributed by atoms with Crippen LogP contribution in [0.25, 0.3) is 0 Å². The maximum absolute atomic E-state index is 5.91. The zero-order valence-corrected chi connectivity index (χ0v) is 13.5. The number of rotatable bonds is 6. The molecule has 0 amide bonds. The summed E-state index contributed by atoms with van der Waals surface area (Å²) in [5, 5.41) is 0. The van der Waals surface area contributed by atoms with Crippen LogP contribution in [-0.4, -0.2) is 13.1 Å². The van der Waals surface area contributed by atoms with Crippen molar-refractivity contribution in [1.82, 2.24) is 0 Å². The molecule has 3 heteroatoms. The Hall–Kier alpha value is -0.540. The highest BCUT2D eigenvalue weighted by atomic mass is 79.9. The van der Waals surface area contributed by atoms with E-state index in [4.69, 9.17) is 5.73 Å². The molecule has 0 fully saturated rings. The highest BCUT2D eigenvalue weighted by molar-refractivity contribution is 9.10. The molecule has 2 N–H and O–H groups in total. The van der Waals surface area contributed by atoms with Gasteiger partial charge in [0.05, 0.1) is 5.69 Å². The molecular weight excluding hydrogens is 288 g/mol. The van der Waals surface area contributed by atoms with E-state index in [2.05, 4.69) is 59.8 Å². The van der Waals surface area contributed by atoms with E-state index in [1.165, 1.54) is 17.7 Å². The topological polar surface area (TPSA) is 29.3 Å². The average molecular weight is 313 g/mol. The Morgan fingerprint density at radius 2 is 1.94 bits per heavy atom. The second-order valence-electron chi connectivity index (χ2n) is 5.05. The molecule has 0 aliphatic heterocycles. The molecule has 0 bridgehead atoms. The lowest BCUT2D eigenvalue weighted by molar-refractivity contribution is 0.547. The molecule has 0 saturated carbocycles. The van der Waals surface area contributed by atoms with Crippen molar-refractivity contribution in [2.24, 2.45) is 11.7 Å². The second kappa shape index (κ2) is 7.15. The number of halogens is 1. The number of benzene rings is 1. The lowest BCUT2D eigenvalue weighted by Gasteiger charge is -2.27. The lowest BCUT2D eigenvalue weighted by atomic mass is 10.1. The van der Waals surface area contributed by atoms with Gasteiger partial charge in [0.15, 0.2) is 0 Å². The lowest BCUT2D eigenvalue weighted by Crippen LogP contribution is -2.28. The minimum atomic E-state index is 0.0833. The molecule has 0 aliphatic rings. The summed E-state index contributed by atoms with van der Waals surface area (Å²) in [5.74, 6) is 0.713. The van der Waals surface area contributed by atoms with Gasteiger partial charge in [0.25, 0.3) is 0 Å². The zero-order chi connectivity index (χ0) is 13.7. The Bertz CT molecular complexity index is 377. The summed E-state index contributed by atoms with van der Waals surface area (Å²) >= 11 is 3.67. The van der Waals surface area contributed by atoms with Gasteiger partial charge in [0.1, 0.15) is 0 Å². The second-order valence-corrected chi connectivity index (χ2v) is 5.91. The van der Waals surface area contributed by atoms with Crippen LogP contribution in [0.4, 0.5) is 5.69 Å². The number of nitrogens with two attached hydrogens (primary N) is 1. The molecule has 0 radical (unpaired) electrons. The third-order valence-electron chi connectivity index (χ3n) is 3.45. The van der Waals surface area contributed by atoms with Crippen molar-refractivity contribution >= 4 is 21.6 Å². The van der Waals surface area contributed by atoms with Crippen LogP contribution in [0.5, 0.6) is 0 Å². The number of hydrogen-bond donors (Lipinski definition) is 1. The van der Waals surface area contributed by atoms with Crippen LogP contribution < -0.4 is 10.6 Å². The third kappa shape index (κ3) is 3.99. The van der Waals surface area contributed by atoms with Gasteiger partial charge in [-0.05, 0) is 53.4 Å². The summed E-state index contributed by atoms with van der Waals surface area (Å²) in [5.41, 5.74) is 8.35. The van der Waals surface area contributed by atoms with Gasteiger partial charge in [-0.2, -0.15) is 0 Å². The van der Waals surface area contributed by atoms with Crippen LogP contribution in [0.15, 0.2) is 22.7 Å². The van der Waals surface area contributed by atoms with Gasteiger partial charge in [-0.1, -0.05) is 26.3 Å². The summed E-state index contributed by atoms with van der Waals surface area (Å²) in [6, 6.07) is 6.53. The smallest absolute Gasteiger partial charge is 0.0510 e. The monoisotopic (exact) mass is 312 g/mol. The molecule has 1 aromatic carbocycles. The fourth-order valence-electron chi connectivity index (χ4n) is 1.97. The van der Waals surface area contributed by atoms with Crippen molar-refractivity contribution in [1.29, 1.82) is 0 Å². The molecule has 1 rings (SSSR count). The van der Waals surface area contributed by atoms with Gasteiger partial charge in [-0.15, -0.1) is 0 Å². The van der Waals surface area contributed by atoms with Crippen molar-refractivity contribution in [3.63, 3.8) is 0 Å². The summed E-state index contributed by atoms with van der Waals surface area (Å²) < 4.78 is 1.14. The van der Waals surface area contributed by atoms with Crippen LogP contribution in [-0.2, 0) is 0 Å². The van der Waals surface area contributed by atoms with Gasteiger partial charge in [0, 0.05) is 23.6 Å². The molecule has 102 valence electrons. The van der Waals surface area contributed by atoms with E-state index >= 15 is 0 Å². The fourth-order valence-corrected chi connectivity index (χ4v) is 2.61. The first-order chi connectivity index (χ1) is 8.49. The first kappa shape index (κ1) is 15.5. The van der Waals surface area contributed by atoms with Gasteiger partial charge < -0.3 is 10.6 Å². The summed E-state index contributed by atoms with van der Waals surface area (Å²) in [6.45, 7) is 10.9. The van der Waals surface area contributed by atoms with E-state index in [1.807, 2.05) is 6.92 Å². The van der Waals surface area contributed by atoms with Gasteiger partial charge >= 0.3 is 0 Å². The molecule has 1 aromatic rings. The Morgan fingerprint density at radius 1 is 1.28 bits per heavy atom. The number of anilines is 1. The molecule has 0 aliphatic carbocycles. The number of nitrogens with zero attached hydrogens (tertiary/aromatic N) is 1. The van der Waals surface area contributed by atoms with Crippen LogP contribution in [0.3, 0.4) is 0 Å². The van der Waals surface area contributed by atoms with Gasteiger partial charge in [-0.25, -0.2) is 0 Å². The molecule has 0 aromatic heterocycles. The van der Waals surface area contributed by atoms with Crippen LogP contribution in [0, 0.1) is 5.92 Å². The van der Waals surface area contributed by atoms with E-state index in [1.54, 1.807) is 0 Å². The molecule has 18 heavy (non-hydrogen) atoms. The Morgan fingerprint density at radius 3 is 2.39 bits per heavy atom. The minimum absolute atomic E-state index is 0.0833. The van der Waals surface area contributed by atoms with E-state index in [0.717, 1.165) is 17.6 Å². The Balaban J connectivity index is 2.93. The Labute approximate surface area is 120 Å². The summed E-state index contributed by atoms with van der Waals surface area (Å²) in [6.07, 6.45) is 1.21. The van der Waals surface area contributed by atoms with Crippen molar-refractivity contribution in [2.75, 3.05) is 18.0 Å². The average Bonchev–Trinajstić information content (AvgIpc) is 2.35. The highest BCUT2D eigenvalue weighted by Crippen LogP contribution is 2.29. The maximum atomic E-state index is 5.91. The Kier molecular flexibility index (Phi) is 6.16. The quantitative estimate of drug-likeness (QED) is 0.846. The van der Waals surface area contributed by atoms with Crippen molar-refractivity contribution < 1.29 is 0 Å². The van der Waals surface area contributed by atoms with E-state index in [-0.39, 0.29) is 6.04 Å². The molecule has 1 unspecified atom stereocenters. The molecular formula is C15H25BrN2. The molecule has 0 heterocycles.